The molecule has 0 bridgehead atoms. The van der Waals surface area contributed by atoms with Crippen molar-refractivity contribution in [1.82, 2.24) is 0 Å². The molecule has 2 rings (SSSR count). The average molecular weight is 278 g/mol. The Kier molecular flexibility index (Phi) is 3.41. The summed E-state index contributed by atoms with van der Waals surface area (Å²) in [5.74, 6) is 0. The SMILES string of the molecule is CCc1ccc(C(C)(C)S(=O)(=O)O)c2ccccc12. The van der Waals surface area contributed by atoms with Crippen molar-refractivity contribution in [2.75, 3.05) is 0 Å². The first-order valence-corrected chi connectivity index (χ1v) is 7.71. The normalized spacial score (nSPS) is 12.8. The second-order valence-corrected chi connectivity index (χ2v) is 7.13. The zero-order valence-corrected chi connectivity index (χ0v) is 12.2. The summed E-state index contributed by atoms with van der Waals surface area (Å²) in [6.07, 6.45) is 0.882. The van der Waals surface area contributed by atoms with Crippen molar-refractivity contribution in [2.24, 2.45) is 0 Å². The fraction of sp³-hybridized carbons (Fsp3) is 0.333. The summed E-state index contributed by atoms with van der Waals surface area (Å²) in [7, 11) is -4.17. The molecular weight excluding hydrogens is 260 g/mol. The molecule has 0 saturated heterocycles. The molecule has 4 heteroatoms. The van der Waals surface area contributed by atoms with Gasteiger partial charge in [-0.05, 0) is 42.2 Å². The standard InChI is InChI=1S/C15H18O3S/c1-4-11-9-10-14(15(2,3)19(16,17)18)13-8-6-5-7-12(11)13/h5-10H,4H2,1-3H3,(H,16,17,18). The van der Waals surface area contributed by atoms with Crippen LogP contribution in [-0.4, -0.2) is 13.0 Å². The quantitative estimate of drug-likeness (QED) is 0.874. The summed E-state index contributed by atoms with van der Waals surface area (Å²) in [6.45, 7) is 5.11. The van der Waals surface area contributed by atoms with E-state index in [9.17, 15) is 13.0 Å². The van der Waals surface area contributed by atoms with Gasteiger partial charge >= 0.3 is 0 Å². The van der Waals surface area contributed by atoms with Crippen LogP contribution in [0.4, 0.5) is 0 Å². The molecule has 0 fully saturated rings. The number of aryl methyl sites for hydroxylation is 1. The van der Waals surface area contributed by atoms with E-state index in [2.05, 4.69) is 6.92 Å². The number of hydrogen-bond acceptors (Lipinski definition) is 2. The second-order valence-electron chi connectivity index (χ2n) is 5.16. The van der Waals surface area contributed by atoms with E-state index in [1.54, 1.807) is 6.07 Å². The molecule has 0 atom stereocenters. The van der Waals surface area contributed by atoms with Crippen LogP contribution >= 0.6 is 0 Å². The van der Waals surface area contributed by atoms with Gasteiger partial charge in [0, 0.05) is 0 Å². The molecule has 2 aromatic rings. The lowest BCUT2D eigenvalue weighted by Gasteiger charge is -2.24. The molecule has 0 spiro atoms. The van der Waals surface area contributed by atoms with Gasteiger partial charge in [0.2, 0.25) is 0 Å². The molecule has 0 aliphatic carbocycles. The monoisotopic (exact) mass is 278 g/mol. The van der Waals surface area contributed by atoms with Gasteiger partial charge in [-0.25, -0.2) is 0 Å². The number of rotatable bonds is 3. The van der Waals surface area contributed by atoms with Crippen LogP contribution in [0.2, 0.25) is 0 Å². The summed E-state index contributed by atoms with van der Waals surface area (Å²) in [5.41, 5.74) is 1.80. The first-order valence-electron chi connectivity index (χ1n) is 6.27. The summed E-state index contributed by atoms with van der Waals surface area (Å²) >= 11 is 0. The molecule has 2 aromatic carbocycles. The third-order valence-corrected chi connectivity index (χ3v) is 5.20. The van der Waals surface area contributed by atoms with E-state index in [0.29, 0.717) is 5.56 Å². The molecule has 0 radical (unpaired) electrons. The topological polar surface area (TPSA) is 54.4 Å². The summed E-state index contributed by atoms with van der Waals surface area (Å²) < 4.78 is 31.4. The first kappa shape index (κ1) is 14.0. The fourth-order valence-corrected chi connectivity index (χ4v) is 2.79. The first-order chi connectivity index (χ1) is 8.79. The van der Waals surface area contributed by atoms with Crippen LogP contribution in [-0.2, 0) is 21.3 Å². The van der Waals surface area contributed by atoms with Gasteiger partial charge in [0.05, 0.1) is 0 Å². The van der Waals surface area contributed by atoms with Crippen LogP contribution in [0, 0.1) is 0 Å². The van der Waals surface area contributed by atoms with Crippen LogP contribution in [0.3, 0.4) is 0 Å². The minimum atomic E-state index is -4.17. The van der Waals surface area contributed by atoms with Gasteiger partial charge in [0.15, 0.2) is 0 Å². The summed E-state index contributed by atoms with van der Waals surface area (Å²) in [5, 5.41) is 1.92. The van der Waals surface area contributed by atoms with Crippen LogP contribution in [0.1, 0.15) is 31.9 Å². The molecule has 0 unspecified atom stereocenters. The van der Waals surface area contributed by atoms with Crippen molar-refractivity contribution in [3.63, 3.8) is 0 Å². The molecule has 3 nitrogen and oxygen atoms in total. The molecule has 0 amide bonds. The van der Waals surface area contributed by atoms with Gasteiger partial charge in [0.1, 0.15) is 4.75 Å². The Balaban J connectivity index is 2.84. The lowest BCUT2D eigenvalue weighted by atomic mass is 9.92. The van der Waals surface area contributed by atoms with Crippen LogP contribution in [0.25, 0.3) is 10.8 Å². The largest absolute Gasteiger partial charge is 0.285 e. The maximum atomic E-state index is 11.6. The van der Waals surface area contributed by atoms with Gasteiger partial charge < -0.3 is 0 Å². The van der Waals surface area contributed by atoms with Crippen molar-refractivity contribution in [1.29, 1.82) is 0 Å². The van der Waals surface area contributed by atoms with Crippen molar-refractivity contribution >= 4 is 20.9 Å². The van der Waals surface area contributed by atoms with Crippen LogP contribution in [0.5, 0.6) is 0 Å². The minimum Gasteiger partial charge on any atom is -0.285 e. The van der Waals surface area contributed by atoms with Crippen molar-refractivity contribution in [3.05, 3.63) is 47.5 Å². The van der Waals surface area contributed by atoms with E-state index in [-0.39, 0.29) is 0 Å². The molecule has 102 valence electrons. The molecular formula is C15H18O3S. The van der Waals surface area contributed by atoms with Crippen molar-refractivity contribution in [3.8, 4) is 0 Å². The van der Waals surface area contributed by atoms with E-state index in [0.717, 1.165) is 17.2 Å². The second kappa shape index (κ2) is 4.62. The summed E-state index contributed by atoms with van der Waals surface area (Å²) in [4.78, 5) is 0. The van der Waals surface area contributed by atoms with E-state index < -0.39 is 14.9 Å². The maximum Gasteiger partial charge on any atom is 0.274 e. The number of fused-ring (bicyclic) bond motifs is 1. The number of benzene rings is 2. The van der Waals surface area contributed by atoms with E-state index in [4.69, 9.17) is 0 Å². The molecule has 1 N–H and O–H groups in total. The van der Waals surface area contributed by atoms with Gasteiger partial charge in [-0.1, -0.05) is 43.3 Å². The number of hydrogen-bond donors (Lipinski definition) is 1. The molecule has 0 aliphatic rings. The molecule has 0 aromatic heterocycles. The predicted molar refractivity (Wildman–Crippen MR) is 77.9 cm³/mol. The molecule has 0 aliphatic heterocycles. The van der Waals surface area contributed by atoms with Crippen LogP contribution < -0.4 is 0 Å². The highest BCUT2D eigenvalue weighted by atomic mass is 32.2. The van der Waals surface area contributed by atoms with Gasteiger partial charge in [-0.2, -0.15) is 8.42 Å². The Hall–Kier alpha value is -1.39. The smallest absolute Gasteiger partial charge is 0.274 e. The lowest BCUT2D eigenvalue weighted by Crippen LogP contribution is -2.28. The fourth-order valence-electron chi connectivity index (χ4n) is 2.33. The van der Waals surface area contributed by atoms with Crippen molar-refractivity contribution < 1.29 is 13.0 Å². The Morgan fingerprint density at radius 2 is 1.63 bits per heavy atom. The van der Waals surface area contributed by atoms with Crippen LogP contribution in [0.15, 0.2) is 36.4 Å². The molecule has 19 heavy (non-hydrogen) atoms. The Morgan fingerprint density at radius 1 is 1.05 bits per heavy atom. The van der Waals surface area contributed by atoms with Gasteiger partial charge in [0.25, 0.3) is 10.1 Å². The highest BCUT2D eigenvalue weighted by Crippen LogP contribution is 2.35. The van der Waals surface area contributed by atoms with Gasteiger partial charge in [-0.15, -0.1) is 0 Å². The zero-order valence-electron chi connectivity index (χ0n) is 11.3. The molecule has 0 saturated carbocycles. The van der Waals surface area contributed by atoms with E-state index >= 15 is 0 Å². The highest BCUT2D eigenvalue weighted by molar-refractivity contribution is 7.86. The zero-order chi connectivity index (χ0) is 14.3. The minimum absolute atomic E-state index is 0.628. The third kappa shape index (κ3) is 2.26. The highest BCUT2D eigenvalue weighted by Gasteiger charge is 2.36. The maximum absolute atomic E-state index is 11.6. The third-order valence-electron chi connectivity index (χ3n) is 3.69. The van der Waals surface area contributed by atoms with E-state index in [1.165, 1.54) is 19.4 Å². The molecule has 0 heterocycles. The van der Waals surface area contributed by atoms with E-state index in [1.807, 2.05) is 30.3 Å². The average Bonchev–Trinajstić information content (AvgIpc) is 2.36. The lowest BCUT2D eigenvalue weighted by molar-refractivity contribution is 0.446. The predicted octanol–water partition coefficient (Wildman–Crippen LogP) is 3.53. The Bertz CT molecular complexity index is 715. The summed E-state index contributed by atoms with van der Waals surface area (Å²) in [6, 6.07) is 11.4. The van der Waals surface area contributed by atoms with Crippen molar-refractivity contribution in [2.45, 2.75) is 31.9 Å². The van der Waals surface area contributed by atoms with Gasteiger partial charge in [-0.3, -0.25) is 4.55 Å². The Labute approximate surface area is 114 Å². The Morgan fingerprint density at radius 3 is 2.16 bits per heavy atom.